The maximum absolute atomic E-state index is 10.6. The highest BCUT2D eigenvalue weighted by Gasteiger charge is 2.17. The molecule has 0 heterocycles. The first-order valence-corrected chi connectivity index (χ1v) is 3.73. The van der Waals surface area contributed by atoms with Crippen LogP contribution in [-0.4, -0.2) is 34.5 Å². The van der Waals surface area contributed by atoms with E-state index in [-0.39, 0.29) is 0 Å². The Hall–Kier alpha value is -1.66. The van der Waals surface area contributed by atoms with Crippen LogP contribution in [0.2, 0.25) is 0 Å². The molecule has 0 aromatic rings. The molecule has 0 bridgehead atoms. The summed E-state index contributed by atoms with van der Waals surface area (Å²) in [5.74, 6) is -1.33. The molecule has 0 aliphatic carbocycles. The van der Waals surface area contributed by atoms with Crippen LogP contribution in [0.1, 0.15) is 0 Å². The zero-order valence-corrected chi connectivity index (χ0v) is 7.43. The van der Waals surface area contributed by atoms with Crippen LogP contribution in [0, 0.1) is 0 Å². The summed E-state index contributed by atoms with van der Waals surface area (Å²) in [5.41, 5.74) is 0. The van der Waals surface area contributed by atoms with Crippen molar-refractivity contribution in [2.45, 2.75) is 12.5 Å². The Morgan fingerprint density at radius 1 is 1.00 bits per heavy atom. The van der Waals surface area contributed by atoms with Gasteiger partial charge in [-0.25, -0.2) is 0 Å². The van der Waals surface area contributed by atoms with Crippen LogP contribution in [0.25, 0.3) is 0 Å². The number of hydrogen-bond donors (Lipinski definition) is 4. The number of aliphatic hydroxyl groups is 2. The zero-order valence-electron chi connectivity index (χ0n) is 7.43. The van der Waals surface area contributed by atoms with Gasteiger partial charge in [0.25, 0.3) is 0 Å². The molecule has 0 radical (unpaired) electrons. The summed E-state index contributed by atoms with van der Waals surface area (Å²) in [7, 11) is 0. The molecular weight excluding hydrogens is 188 g/mol. The van der Waals surface area contributed by atoms with Gasteiger partial charge in [-0.15, -0.1) is 0 Å². The van der Waals surface area contributed by atoms with Crippen LogP contribution in [0.5, 0.6) is 0 Å². The van der Waals surface area contributed by atoms with E-state index >= 15 is 0 Å². The van der Waals surface area contributed by atoms with E-state index in [1.807, 2.05) is 10.6 Å². The van der Waals surface area contributed by atoms with Gasteiger partial charge in [-0.05, 0) is 12.2 Å². The molecule has 0 aliphatic rings. The van der Waals surface area contributed by atoms with Crippen molar-refractivity contribution in [3.8, 4) is 0 Å². The van der Waals surface area contributed by atoms with E-state index in [0.717, 1.165) is 12.2 Å². The van der Waals surface area contributed by atoms with E-state index < -0.39 is 24.3 Å². The van der Waals surface area contributed by atoms with Crippen LogP contribution in [0.4, 0.5) is 0 Å². The first-order valence-electron chi connectivity index (χ1n) is 3.73. The predicted molar refractivity (Wildman–Crippen MR) is 48.7 cm³/mol. The average molecular weight is 200 g/mol. The largest absolute Gasteiger partial charge is 0.369 e. The van der Waals surface area contributed by atoms with Crippen molar-refractivity contribution in [2.75, 3.05) is 0 Å². The molecule has 6 nitrogen and oxygen atoms in total. The number of carbonyl (C=O) groups excluding carboxylic acids is 2. The third-order valence-electron chi connectivity index (χ3n) is 1.25. The normalized spacial score (nSPS) is 13.6. The summed E-state index contributed by atoms with van der Waals surface area (Å²) in [4.78, 5) is 21.3. The molecule has 14 heavy (non-hydrogen) atoms. The molecular formula is C8H12N2O4. The van der Waals surface area contributed by atoms with Crippen molar-refractivity contribution in [2.24, 2.45) is 0 Å². The van der Waals surface area contributed by atoms with Gasteiger partial charge in [-0.3, -0.25) is 9.59 Å². The number of amides is 2. The number of carbonyl (C=O) groups is 2. The van der Waals surface area contributed by atoms with Crippen molar-refractivity contribution in [3.63, 3.8) is 0 Å². The fourth-order valence-corrected chi connectivity index (χ4v) is 0.567. The maximum atomic E-state index is 10.6. The topological polar surface area (TPSA) is 98.7 Å². The Balaban J connectivity index is 4.04. The van der Waals surface area contributed by atoms with Gasteiger partial charge in [0.1, 0.15) is 0 Å². The molecule has 0 saturated heterocycles. The molecule has 0 unspecified atom stereocenters. The molecule has 4 N–H and O–H groups in total. The molecule has 0 spiro atoms. The van der Waals surface area contributed by atoms with Crippen molar-refractivity contribution in [1.82, 2.24) is 10.6 Å². The molecule has 78 valence electrons. The van der Waals surface area contributed by atoms with Crippen molar-refractivity contribution < 1.29 is 19.8 Å². The molecule has 2 atom stereocenters. The smallest absolute Gasteiger partial charge is 0.245 e. The lowest BCUT2D eigenvalue weighted by Gasteiger charge is -2.18. The summed E-state index contributed by atoms with van der Waals surface area (Å²) in [6, 6.07) is 0. The number of rotatable bonds is 5. The van der Waals surface area contributed by atoms with Gasteiger partial charge in [0.2, 0.25) is 11.8 Å². The van der Waals surface area contributed by atoms with Gasteiger partial charge in [0.15, 0.2) is 12.5 Å². The molecule has 0 saturated carbocycles. The second-order valence-corrected chi connectivity index (χ2v) is 2.32. The lowest BCUT2D eigenvalue weighted by Crippen LogP contribution is -2.51. The first kappa shape index (κ1) is 12.3. The SMILES string of the molecule is C=CC(=O)N[C@@H](O)[C@H](O)NC(=O)C=C. The van der Waals surface area contributed by atoms with E-state index in [1.54, 1.807) is 0 Å². The van der Waals surface area contributed by atoms with Gasteiger partial charge >= 0.3 is 0 Å². The standard InChI is InChI=1S/C8H12N2O4/c1-3-5(11)9-7(13)8(14)10-6(12)4-2/h3-4,7-8,13-14H,1-2H2,(H,9,11)(H,10,12)/t7-,8-/m0/s1. The molecule has 6 heteroatoms. The minimum absolute atomic E-state index is 0.663. The van der Waals surface area contributed by atoms with E-state index in [2.05, 4.69) is 13.2 Å². The fourth-order valence-electron chi connectivity index (χ4n) is 0.567. The highest BCUT2D eigenvalue weighted by Crippen LogP contribution is 1.86. The van der Waals surface area contributed by atoms with E-state index in [1.165, 1.54) is 0 Å². The van der Waals surface area contributed by atoms with Crippen molar-refractivity contribution in [1.29, 1.82) is 0 Å². The predicted octanol–water partition coefficient (Wildman–Crippen LogP) is -1.77. The van der Waals surface area contributed by atoms with Crippen LogP contribution >= 0.6 is 0 Å². The van der Waals surface area contributed by atoms with Crippen LogP contribution < -0.4 is 10.6 Å². The second-order valence-electron chi connectivity index (χ2n) is 2.32. The maximum Gasteiger partial charge on any atom is 0.245 e. The van der Waals surface area contributed by atoms with Crippen LogP contribution in [0.3, 0.4) is 0 Å². The molecule has 0 fully saturated rings. The zero-order chi connectivity index (χ0) is 11.1. The average Bonchev–Trinajstić information content (AvgIpc) is 2.17. The Kier molecular flexibility index (Phi) is 5.20. The minimum Gasteiger partial charge on any atom is -0.369 e. The van der Waals surface area contributed by atoms with E-state index in [4.69, 9.17) is 10.2 Å². The Labute approximate surface area is 80.9 Å². The van der Waals surface area contributed by atoms with Crippen LogP contribution in [0.15, 0.2) is 25.3 Å². The summed E-state index contributed by atoms with van der Waals surface area (Å²) < 4.78 is 0. The van der Waals surface area contributed by atoms with Crippen molar-refractivity contribution >= 4 is 11.8 Å². The quantitative estimate of drug-likeness (QED) is 0.312. The van der Waals surface area contributed by atoms with Gasteiger partial charge in [0, 0.05) is 0 Å². The summed E-state index contributed by atoms with van der Waals surface area (Å²) in [6.45, 7) is 6.28. The van der Waals surface area contributed by atoms with E-state index in [0.29, 0.717) is 0 Å². The summed E-state index contributed by atoms with van der Waals surface area (Å²) >= 11 is 0. The first-order chi connectivity index (χ1) is 6.51. The molecule has 0 aromatic carbocycles. The molecule has 2 amide bonds. The third kappa shape index (κ3) is 4.39. The number of nitrogens with one attached hydrogen (secondary N) is 2. The fraction of sp³-hybridized carbons (Fsp3) is 0.250. The molecule has 0 aliphatic heterocycles. The number of aliphatic hydroxyl groups excluding tert-OH is 2. The monoisotopic (exact) mass is 200 g/mol. The number of hydrogen-bond acceptors (Lipinski definition) is 4. The Morgan fingerprint density at radius 3 is 1.50 bits per heavy atom. The third-order valence-corrected chi connectivity index (χ3v) is 1.25. The van der Waals surface area contributed by atoms with E-state index in [9.17, 15) is 9.59 Å². The van der Waals surface area contributed by atoms with Crippen molar-refractivity contribution in [3.05, 3.63) is 25.3 Å². The van der Waals surface area contributed by atoms with Gasteiger partial charge in [0.05, 0.1) is 0 Å². The van der Waals surface area contributed by atoms with Gasteiger partial charge < -0.3 is 20.8 Å². The lowest BCUT2D eigenvalue weighted by atomic mass is 10.4. The summed E-state index contributed by atoms with van der Waals surface area (Å²) in [5, 5.41) is 22.1. The van der Waals surface area contributed by atoms with Gasteiger partial charge in [-0.1, -0.05) is 13.2 Å². The molecule has 0 aromatic heterocycles. The molecule has 0 rings (SSSR count). The van der Waals surface area contributed by atoms with Crippen LogP contribution in [-0.2, 0) is 9.59 Å². The highest BCUT2D eigenvalue weighted by molar-refractivity contribution is 5.88. The minimum atomic E-state index is -1.59. The second kappa shape index (κ2) is 5.90. The summed E-state index contributed by atoms with van der Waals surface area (Å²) in [6.07, 6.45) is -1.34. The van der Waals surface area contributed by atoms with Gasteiger partial charge in [-0.2, -0.15) is 0 Å². The Bertz CT molecular complexity index is 226. The lowest BCUT2D eigenvalue weighted by molar-refractivity contribution is -0.128. The highest BCUT2D eigenvalue weighted by atomic mass is 16.4. The Morgan fingerprint density at radius 2 is 1.29 bits per heavy atom.